The first-order valence-corrected chi connectivity index (χ1v) is 8.48. The zero-order chi connectivity index (χ0) is 16.4. The molecule has 23 heavy (non-hydrogen) atoms. The van der Waals surface area contributed by atoms with E-state index in [-0.39, 0.29) is 0 Å². The van der Waals surface area contributed by atoms with Gasteiger partial charge in [-0.05, 0) is 73.5 Å². The Bertz CT molecular complexity index is 679. The van der Waals surface area contributed by atoms with Gasteiger partial charge in [0.25, 0.3) is 0 Å². The van der Waals surface area contributed by atoms with Gasteiger partial charge in [0.05, 0.1) is 0 Å². The molecule has 120 valence electrons. The van der Waals surface area contributed by atoms with Crippen molar-refractivity contribution in [1.29, 1.82) is 0 Å². The first-order valence-electron chi connectivity index (χ1n) is 8.48. The second-order valence-electron chi connectivity index (χ2n) is 7.19. The van der Waals surface area contributed by atoms with Crippen molar-refractivity contribution in [3.63, 3.8) is 0 Å². The van der Waals surface area contributed by atoms with Crippen LogP contribution in [-0.2, 0) is 0 Å². The van der Waals surface area contributed by atoms with Gasteiger partial charge in [0.15, 0.2) is 0 Å². The molecule has 0 aliphatic heterocycles. The topological polar surface area (TPSA) is 0 Å². The van der Waals surface area contributed by atoms with Crippen LogP contribution in [0.5, 0.6) is 0 Å². The van der Waals surface area contributed by atoms with E-state index in [1.54, 1.807) is 13.0 Å². The molecule has 1 saturated carbocycles. The number of halogens is 1. The van der Waals surface area contributed by atoms with E-state index >= 15 is 0 Å². The minimum Gasteiger partial charge on any atom is -0.239 e. The van der Waals surface area contributed by atoms with E-state index in [2.05, 4.69) is 43.8 Å². The highest BCUT2D eigenvalue weighted by molar-refractivity contribution is 5.68. The second-order valence-corrected chi connectivity index (χ2v) is 7.19. The van der Waals surface area contributed by atoms with Gasteiger partial charge < -0.3 is 0 Å². The van der Waals surface area contributed by atoms with Crippen LogP contribution in [0.25, 0.3) is 6.08 Å². The van der Waals surface area contributed by atoms with Crippen molar-refractivity contribution < 1.29 is 4.39 Å². The van der Waals surface area contributed by atoms with Gasteiger partial charge >= 0.3 is 0 Å². The van der Waals surface area contributed by atoms with Crippen LogP contribution < -0.4 is 0 Å². The molecule has 0 amide bonds. The molecule has 2 aliphatic rings. The summed E-state index contributed by atoms with van der Waals surface area (Å²) in [4.78, 5) is 0. The lowest BCUT2D eigenvalue weighted by Gasteiger charge is -2.21. The van der Waals surface area contributed by atoms with E-state index in [1.807, 2.05) is 12.2 Å². The van der Waals surface area contributed by atoms with Gasteiger partial charge in [-0.2, -0.15) is 0 Å². The van der Waals surface area contributed by atoms with Gasteiger partial charge in [-0.15, -0.1) is 0 Å². The van der Waals surface area contributed by atoms with Gasteiger partial charge in [-0.25, -0.2) is 4.39 Å². The number of rotatable bonds is 5. The maximum atomic E-state index is 14.0. The van der Waals surface area contributed by atoms with E-state index in [1.165, 1.54) is 29.5 Å². The van der Waals surface area contributed by atoms with Crippen molar-refractivity contribution in [2.75, 3.05) is 0 Å². The normalized spacial score (nSPS) is 24.5. The van der Waals surface area contributed by atoms with Gasteiger partial charge in [-0.3, -0.25) is 0 Å². The Hall–Kier alpha value is -1.89. The lowest BCUT2D eigenvalue weighted by Crippen LogP contribution is -2.15. The van der Waals surface area contributed by atoms with Crippen LogP contribution in [0, 0.1) is 12.8 Å². The molecule has 0 aromatic heterocycles. The molecular weight excluding hydrogens is 283 g/mol. The Morgan fingerprint density at radius 2 is 2.00 bits per heavy atom. The highest BCUT2D eigenvalue weighted by Gasteiger charge is 2.25. The smallest absolute Gasteiger partial charge is 0.130 e. The Morgan fingerprint density at radius 1 is 1.30 bits per heavy atom. The lowest BCUT2D eigenvalue weighted by molar-refractivity contribution is 0.259. The summed E-state index contributed by atoms with van der Waals surface area (Å²) in [7, 11) is 0. The van der Waals surface area contributed by atoms with Crippen molar-refractivity contribution >= 4 is 6.08 Å². The molecule has 0 N–H and O–H groups in total. The van der Waals surface area contributed by atoms with Crippen LogP contribution in [0.2, 0.25) is 0 Å². The molecule has 1 aromatic carbocycles. The van der Waals surface area contributed by atoms with Gasteiger partial charge in [0, 0.05) is 6.42 Å². The minimum atomic E-state index is -1.23. The summed E-state index contributed by atoms with van der Waals surface area (Å²) in [6.45, 7) is 8.04. The number of benzene rings is 1. The van der Waals surface area contributed by atoms with Crippen molar-refractivity contribution in [2.45, 2.75) is 45.2 Å². The second kappa shape index (κ2) is 6.31. The van der Waals surface area contributed by atoms with Crippen molar-refractivity contribution in [1.82, 2.24) is 0 Å². The summed E-state index contributed by atoms with van der Waals surface area (Å²) < 4.78 is 14.0. The third kappa shape index (κ3) is 4.31. The Labute approximate surface area is 139 Å². The van der Waals surface area contributed by atoms with Crippen molar-refractivity contribution in [3.05, 3.63) is 76.9 Å². The third-order valence-electron chi connectivity index (χ3n) is 4.64. The number of hydrogen-bond acceptors (Lipinski definition) is 0. The van der Waals surface area contributed by atoms with E-state index in [4.69, 9.17) is 0 Å². The fourth-order valence-electron chi connectivity index (χ4n) is 2.91. The number of hydrogen-bond donors (Lipinski definition) is 0. The van der Waals surface area contributed by atoms with Crippen molar-refractivity contribution in [2.24, 2.45) is 5.92 Å². The Kier molecular flexibility index (Phi) is 4.39. The monoisotopic (exact) mass is 308 g/mol. The Balaban J connectivity index is 1.90. The molecule has 1 heteroatoms. The molecule has 1 fully saturated rings. The summed E-state index contributed by atoms with van der Waals surface area (Å²) >= 11 is 0. The maximum Gasteiger partial charge on any atom is 0.130 e. The fourth-order valence-corrected chi connectivity index (χ4v) is 2.91. The van der Waals surface area contributed by atoms with Gasteiger partial charge in [-0.1, -0.05) is 48.6 Å². The SMILES string of the molecule is C=C(CC1CC1)/C(=C/c1ccc(C)cc1)C1=CCC(C)(F)C=C1. The summed E-state index contributed by atoms with van der Waals surface area (Å²) in [5, 5.41) is 0. The molecule has 0 saturated heterocycles. The largest absolute Gasteiger partial charge is 0.239 e. The summed E-state index contributed by atoms with van der Waals surface area (Å²) in [5.41, 5.74) is 4.64. The van der Waals surface area contributed by atoms with Crippen LogP contribution >= 0.6 is 0 Å². The molecule has 0 radical (unpaired) electrons. The lowest BCUT2D eigenvalue weighted by atomic mass is 9.87. The quantitative estimate of drug-likeness (QED) is 0.556. The first-order chi connectivity index (χ1) is 10.9. The van der Waals surface area contributed by atoms with Crippen LogP contribution in [0.3, 0.4) is 0 Å². The fraction of sp³-hybridized carbons (Fsp3) is 0.364. The predicted molar refractivity (Wildman–Crippen MR) is 97.0 cm³/mol. The number of alkyl halides is 1. The zero-order valence-corrected chi connectivity index (χ0v) is 14.1. The highest BCUT2D eigenvalue weighted by Crippen LogP contribution is 2.39. The van der Waals surface area contributed by atoms with Crippen LogP contribution in [0.15, 0.2) is 65.8 Å². The van der Waals surface area contributed by atoms with Gasteiger partial charge in [0.1, 0.15) is 5.67 Å². The zero-order valence-electron chi connectivity index (χ0n) is 14.1. The molecule has 0 heterocycles. The molecule has 1 atom stereocenters. The molecule has 0 spiro atoms. The average Bonchev–Trinajstić information content (AvgIpc) is 3.31. The molecule has 1 unspecified atom stereocenters. The molecule has 0 bridgehead atoms. The van der Waals surface area contributed by atoms with Crippen LogP contribution in [-0.4, -0.2) is 5.67 Å². The van der Waals surface area contributed by atoms with Crippen molar-refractivity contribution in [3.8, 4) is 0 Å². The van der Waals surface area contributed by atoms with E-state index in [9.17, 15) is 4.39 Å². The molecule has 3 rings (SSSR count). The summed E-state index contributed by atoms with van der Waals surface area (Å²) in [6, 6.07) is 8.51. The molecular formula is C22H25F. The van der Waals surface area contributed by atoms with E-state index in [0.29, 0.717) is 6.42 Å². The van der Waals surface area contributed by atoms with Crippen LogP contribution in [0.1, 0.15) is 43.7 Å². The standard InChI is InChI=1S/C22H25F/c1-16-4-6-19(7-5-16)15-21(17(2)14-18-8-9-18)20-10-12-22(3,23)13-11-20/h4-7,10-12,15,18H,2,8-9,13-14H2,1,3H3/b21-15-. The maximum absolute atomic E-state index is 14.0. The number of allylic oxidation sites excluding steroid dienone is 6. The Morgan fingerprint density at radius 3 is 2.57 bits per heavy atom. The molecule has 0 nitrogen and oxygen atoms in total. The highest BCUT2D eigenvalue weighted by atomic mass is 19.1. The third-order valence-corrected chi connectivity index (χ3v) is 4.64. The average molecular weight is 308 g/mol. The molecule has 1 aromatic rings. The van der Waals surface area contributed by atoms with Gasteiger partial charge in [0.2, 0.25) is 0 Å². The summed E-state index contributed by atoms with van der Waals surface area (Å²) in [5.74, 6) is 0.795. The first kappa shape index (κ1) is 16.0. The number of aryl methyl sites for hydroxylation is 1. The van der Waals surface area contributed by atoms with E-state index in [0.717, 1.165) is 23.5 Å². The minimum absolute atomic E-state index is 0.431. The summed E-state index contributed by atoms with van der Waals surface area (Å²) in [6.07, 6.45) is 11.9. The molecule has 2 aliphatic carbocycles. The van der Waals surface area contributed by atoms with Crippen LogP contribution in [0.4, 0.5) is 4.39 Å². The predicted octanol–water partition coefficient (Wildman–Crippen LogP) is 6.35. The van der Waals surface area contributed by atoms with E-state index < -0.39 is 5.67 Å².